The molecule has 2 rings (SSSR count). The highest BCUT2D eigenvalue weighted by Gasteiger charge is 2.28. The Kier molecular flexibility index (Phi) is 4.21. The Balaban J connectivity index is 2.03. The van der Waals surface area contributed by atoms with Gasteiger partial charge in [0.05, 0.1) is 6.54 Å². The van der Waals surface area contributed by atoms with Crippen molar-refractivity contribution in [1.29, 1.82) is 0 Å². The molecule has 0 unspecified atom stereocenters. The lowest BCUT2D eigenvalue weighted by Gasteiger charge is -2.23. The van der Waals surface area contributed by atoms with Gasteiger partial charge in [-0.25, -0.2) is 4.39 Å². The molecule has 1 amide bonds. The summed E-state index contributed by atoms with van der Waals surface area (Å²) >= 11 is 0. The van der Waals surface area contributed by atoms with E-state index in [1.54, 1.807) is 4.90 Å². The second-order valence-corrected chi connectivity index (χ2v) is 6.16. The summed E-state index contributed by atoms with van der Waals surface area (Å²) in [6.45, 7) is 4.98. The van der Waals surface area contributed by atoms with Gasteiger partial charge >= 0.3 is 0 Å². The molecule has 1 fully saturated rings. The fourth-order valence-electron chi connectivity index (χ4n) is 2.36. The largest absolute Gasteiger partial charge is 0.335 e. The normalized spacial score (nSPS) is 18.8. The van der Waals surface area contributed by atoms with Crippen molar-refractivity contribution < 1.29 is 14.0 Å². The first-order chi connectivity index (χ1) is 9.37. The average molecular weight is 277 g/mol. The minimum Gasteiger partial charge on any atom is -0.335 e. The van der Waals surface area contributed by atoms with E-state index in [0.717, 1.165) is 12.8 Å². The summed E-state index contributed by atoms with van der Waals surface area (Å²) in [5.74, 6) is -0.474. The molecular formula is C16H20FNO2. The van der Waals surface area contributed by atoms with Crippen molar-refractivity contribution in [3.05, 3.63) is 35.6 Å². The summed E-state index contributed by atoms with van der Waals surface area (Å²) in [4.78, 5) is 25.8. The van der Waals surface area contributed by atoms with E-state index in [1.165, 1.54) is 24.3 Å². The molecule has 1 aliphatic heterocycles. The Morgan fingerprint density at radius 1 is 1.25 bits per heavy atom. The molecular weight excluding hydrogens is 257 g/mol. The van der Waals surface area contributed by atoms with E-state index in [1.807, 2.05) is 0 Å². The van der Waals surface area contributed by atoms with Crippen LogP contribution >= 0.6 is 0 Å². The number of amides is 1. The van der Waals surface area contributed by atoms with Gasteiger partial charge in [0.2, 0.25) is 5.91 Å². The minimum atomic E-state index is -0.367. The third-order valence-corrected chi connectivity index (χ3v) is 3.93. The molecule has 1 heterocycles. The first-order valence-corrected chi connectivity index (χ1v) is 6.94. The topological polar surface area (TPSA) is 37.4 Å². The molecule has 0 N–H and O–H groups in total. The zero-order valence-electron chi connectivity index (χ0n) is 12.0. The van der Waals surface area contributed by atoms with E-state index in [0.29, 0.717) is 18.5 Å². The number of hydrogen-bond acceptors (Lipinski definition) is 2. The van der Waals surface area contributed by atoms with E-state index >= 15 is 0 Å². The molecule has 3 nitrogen and oxygen atoms in total. The van der Waals surface area contributed by atoms with Gasteiger partial charge in [-0.1, -0.05) is 13.8 Å². The number of likely N-dealkylation sites (tertiary alicyclic amines) is 1. The van der Waals surface area contributed by atoms with Crippen molar-refractivity contribution in [2.75, 3.05) is 13.1 Å². The van der Waals surface area contributed by atoms with E-state index < -0.39 is 0 Å². The van der Waals surface area contributed by atoms with Gasteiger partial charge in [0, 0.05) is 18.5 Å². The van der Waals surface area contributed by atoms with Crippen LogP contribution in [0.25, 0.3) is 0 Å². The Morgan fingerprint density at radius 2 is 1.90 bits per heavy atom. The van der Waals surface area contributed by atoms with E-state index in [-0.39, 0.29) is 29.5 Å². The lowest BCUT2D eigenvalue weighted by molar-refractivity contribution is -0.130. The van der Waals surface area contributed by atoms with Crippen LogP contribution in [0.2, 0.25) is 0 Å². The van der Waals surface area contributed by atoms with Crippen molar-refractivity contribution in [3.63, 3.8) is 0 Å². The van der Waals surface area contributed by atoms with Crippen LogP contribution in [-0.2, 0) is 4.79 Å². The van der Waals surface area contributed by atoms with E-state index in [2.05, 4.69) is 13.8 Å². The first kappa shape index (κ1) is 14.7. The SMILES string of the molecule is CC1(C)CCC(=O)N(CC(=O)c2ccc(F)cc2)CC1. The Hall–Kier alpha value is -1.71. The Labute approximate surface area is 118 Å². The maximum atomic E-state index is 12.8. The fraction of sp³-hybridized carbons (Fsp3) is 0.500. The van der Waals surface area contributed by atoms with Crippen molar-refractivity contribution >= 4 is 11.7 Å². The smallest absolute Gasteiger partial charge is 0.222 e. The molecule has 20 heavy (non-hydrogen) atoms. The van der Waals surface area contributed by atoms with Crippen molar-refractivity contribution in [2.45, 2.75) is 33.1 Å². The molecule has 4 heteroatoms. The highest BCUT2D eigenvalue weighted by molar-refractivity contribution is 5.99. The van der Waals surface area contributed by atoms with E-state index in [4.69, 9.17) is 0 Å². The van der Waals surface area contributed by atoms with Gasteiger partial charge in [0.25, 0.3) is 0 Å². The van der Waals surface area contributed by atoms with Gasteiger partial charge in [-0.15, -0.1) is 0 Å². The zero-order chi connectivity index (χ0) is 14.8. The third kappa shape index (κ3) is 3.65. The average Bonchev–Trinajstić information content (AvgIpc) is 2.52. The summed E-state index contributed by atoms with van der Waals surface area (Å²) in [7, 11) is 0. The molecule has 0 radical (unpaired) electrons. The number of ketones is 1. The monoisotopic (exact) mass is 277 g/mol. The fourth-order valence-corrected chi connectivity index (χ4v) is 2.36. The summed E-state index contributed by atoms with van der Waals surface area (Å²) in [5.41, 5.74) is 0.589. The summed E-state index contributed by atoms with van der Waals surface area (Å²) < 4.78 is 12.8. The molecule has 0 bridgehead atoms. The van der Waals surface area contributed by atoms with Crippen LogP contribution in [0, 0.1) is 11.2 Å². The van der Waals surface area contributed by atoms with Crippen molar-refractivity contribution in [1.82, 2.24) is 4.90 Å². The number of halogens is 1. The van der Waals surface area contributed by atoms with Gasteiger partial charge in [-0.2, -0.15) is 0 Å². The van der Waals surface area contributed by atoms with Gasteiger partial charge in [-0.3, -0.25) is 9.59 Å². The Morgan fingerprint density at radius 3 is 2.55 bits per heavy atom. The predicted octanol–water partition coefficient (Wildman–Crippen LogP) is 3.05. The van der Waals surface area contributed by atoms with Crippen LogP contribution in [0.3, 0.4) is 0 Å². The zero-order valence-corrected chi connectivity index (χ0v) is 12.0. The van der Waals surface area contributed by atoms with Crippen LogP contribution in [0.4, 0.5) is 4.39 Å². The molecule has 0 spiro atoms. The summed E-state index contributed by atoms with van der Waals surface area (Å²) in [5, 5.41) is 0. The number of benzene rings is 1. The van der Waals surface area contributed by atoms with Crippen molar-refractivity contribution in [3.8, 4) is 0 Å². The quantitative estimate of drug-likeness (QED) is 0.796. The van der Waals surface area contributed by atoms with Crippen LogP contribution in [0.15, 0.2) is 24.3 Å². The lowest BCUT2D eigenvalue weighted by Crippen LogP contribution is -2.35. The number of carbonyl (C=O) groups is 2. The molecule has 1 aromatic carbocycles. The molecule has 1 aliphatic rings. The van der Waals surface area contributed by atoms with Gasteiger partial charge < -0.3 is 4.90 Å². The molecule has 1 saturated heterocycles. The molecule has 0 saturated carbocycles. The number of rotatable bonds is 3. The highest BCUT2D eigenvalue weighted by Crippen LogP contribution is 2.30. The molecule has 0 aliphatic carbocycles. The second kappa shape index (κ2) is 5.73. The highest BCUT2D eigenvalue weighted by atomic mass is 19.1. The molecule has 0 aromatic heterocycles. The summed E-state index contributed by atoms with van der Waals surface area (Å²) in [6, 6.07) is 5.45. The number of nitrogens with zero attached hydrogens (tertiary/aromatic N) is 1. The molecule has 1 aromatic rings. The minimum absolute atomic E-state index is 0.0334. The third-order valence-electron chi connectivity index (χ3n) is 3.93. The molecule has 108 valence electrons. The van der Waals surface area contributed by atoms with Gasteiger partial charge in [-0.05, 0) is 42.5 Å². The lowest BCUT2D eigenvalue weighted by atomic mass is 9.85. The molecule has 0 atom stereocenters. The second-order valence-electron chi connectivity index (χ2n) is 6.16. The van der Waals surface area contributed by atoms with E-state index in [9.17, 15) is 14.0 Å². The van der Waals surface area contributed by atoms with Crippen LogP contribution in [0.5, 0.6) is 0 Å². The number of carbonyl (C=O) groups excluding carboxylic acids is 2. The predicted molar refractivity (Wildman–Crippen MR) is 74.9 cm³/mol. The van der Waals surface area contributed by atoms with Gasteiger partial charge in [0.1, 0.15) is 5.82 Å². The number of Topliss-reactive ketones (excluding diaryl/α,β-unsaturated/α-hetero) is 1. The van der Waals surface area contributed by atoms with Gasteiger partial charge in [0.15, 0.2) is 5.78 Å². The standard InChI is InChI=1S/C16H20FNO2/c1-16(2)8-7-15(20)18(10-9-16)11-14(19)12-3-5-13(17)6-4-12/h3-6H,7-11H2,1-2H3. The van der Waals surface area contributed by atoms with Crippen LogP contribution < -0.4 is 0 Å². The number of hydrogen-bond donors (Lipinski definition) is 0. The first-order valence-electron chi connectivity index (χ1n) is 6.94. The maximum Gasteiger partial charge on any atom is 0.222 e. The van der Waals surface area contributed by atoms with Crippen LogP contribution in [-0.4, -0.2) is 29.7 Å². The maximum absolute atomic E-state index is 12.8. The van der Waals surface area contributed by atoms with Crippen molar-refractivity contribution in [2.24, 2.45) is 5.41 Å². The summed E-state index contributed by atoms with van der Waals surface area (Å²) in [6.07, 6.45) is 2.24. The Bertz CT molecular complexity index is 508. The van der Waals surface area contributed by atoms with Crippen LogP contribution in [0.1, 0.15) is 43.5 Å².